The Balaban J connectivity index is 2.83. The summed E-state index contributed by atoms with van der Waals surface area (Å²) in [5, 5.41) is 63.7. The minimum absolute atomic E-state index is 0.126. The zero-order valence-electron chi connectivity index (χ0n) is 60.7. The largest absolute Gasteiger partial charge is 0.394 e. The quantitative estimate of drug-likeness (QED) is 0.0950. The van der Waals surface area contributed by atoms with Gasteiger partial charge in [0, 0.05) is 48.7 Å². The highest BCUT2D eigenvalue weighted by atomic mass is 16.3. The van der Waals surface area contributed by atoms with E-state index in [-0.39, 0.29) is 6.42 Å². The molecule has 0 aliphatic carbocycles. The van der Waals surface area contributed by atoms with Crippen molar-refractivity contribution in [1.82, 2.24) is 71.9 Å². The number of aliphatic hydroxyl groups is 4. The van der Waals surface area contributed by atoms with Crippen LogP contribution >= 0.6 is 0 Å². The molecular weight excluding hydrogens is 1280 g/mol. The van der Waals surface area contributed by atoms with Gasteiger partial charge in [-0.2, -0.15) is 0 Å². The lowest BCUT2D eigenvalue weighted by Gasteiger charge is -2.37. The van der Waals surface area contributed by atoms with Crippen molar-refractivity contribution in [2.45, 2.75) is 195 Å². The van der Waals surface area contributed by atoms with Gasteiger partial charge in [-0.25, -0.2) is 0 Å². The third-order valence-electron chi connectivity index (χ3n) is 17.5. The molecule has 12 N–H and O–H groups in total. The molecule has 1 aromatic carbocycles. The van der Waals surface area contributed by atoms with Crippen LogP contribution in [0.4, 0.5) is 0 Å². The highest BCUT2D eigenvalue weighted by Gasteiger charge is 2.45. The molecule has 1 saturated heterocycles. The van der Waals surface area contributed by atoms with E-state index in [4.69, 9.17) is 0 Å². The number of likely N-dealkylation sites (N-methyl/N-ethyl adjacent to an activating group) is 6. The van der Waals surface area contributed by atoms with Crippen molar-refractivity contribution < 1.29 is 87.5 Å². The summed E-state index contributed by atoms with van der Waals surface area (Å²) in [4.78, 5) is 204. The number of nitrogens with zero attached hydrogens (tertiary/aromatic N) is 6. The summed E-state index contributed by atoms with van der Waals surface area (Å²) < 4.78 is 0. The molecule has 1 heterocycles. The topological polar surface area (TPSA) is 436 Å². The first kappa shape index (κ1) is 85.7. The zero-order chi connectivity index (χ0) is 75.4. The molecule has 98 heavy (non-hydrogen) atoms. The lowest BCUT2D eigenvalue weighted by molar-refractivity contribution is -0.152. The van der Waals surface area contributed by atoms with E-state index in [2.05, 4.69) is 42.5 Å². The van der Waals surface area contributed by atoms with Crippen LogP contribution in [0.25, 0.3) is 0 Å². The molecule has 0 aromatic heterocycles. The molecule has 14 atom stereocenters. The van der Waals surface area contributed by atoms with Gasteiger partial charge < -0.3 is 92.4 Å². The molecular formula is C66H110N14O18. The second kappa shape index (κ2) is 38.7. The maximum atomic E-state index is 14.6. The minimum Gasteiger partial charge on any atom is -0.394 e. The molecule has 1 aliphatic heterocycles. The summed E-state index contributed by atoms with van der Waals surface area (Å²) in [5.74, 6) is -17.1. The molecule has 14 amide bonds. The first-order chi connectivity index (χ1) is 45.4. The van der Waals surface area contributed by atoms with Crippen LogP contribution in [0.3, 0.4) is 0 Å². The molecule has 552 valence electrons. The summed E-state index contributed by atoms with van der Waals surface area (Å²) in [6.45, 7) is 19.1. The lowest BCUT2D eigenvalue weighted by atomic mass is 9.98. The predicted molar refractivity (Wildman–Crippen MR) is 359 cm³/mol. The first-order valence-corrected chi connectivity index (χ1v) is 33.0. The lowest BCUT2D eigenvalue weighted by Crippen LogP contribution is -2.64. The average molecular weight is 1390 g/mol. The van der Waals surface area contributed by atoms with Gasteiger partial charge in [0.25, 0.3) is 0 Å². The third kappa shape index (κ3) is 22.9. The zero-order valence-corrected chi connectivity index (χ0v) is 60.7. The Labute approximate surface area is 575 Å². The van der Waals surface area contributed by atoms with Gasteiger partial charge in [-0.05, 0) is 61.8 Å². The number of amides is 14. The molecule has 0 bridgehead atoms. The Kier molecular flexibility index (Phi) is 33.9. The molecule has 32 heteroatoms. The first-order valence-electron chi connectivity index (χ1n) is 33.0. The Hall–Kier alpha value is -8.36. The number of nitrogens with one attached hydrogen (secondary N) is 8. The number of rotatable bonds is 12. The maximum absolute atomic E-state index is 14.6. The van der Waals surface area contributed by atoms with E-state index >= 15 is 0 Å². The van der Waals surface area contributed by atoms with Gasteiger partial charge in [-0.3, -0.25) is 67.1 Å². The van der Waals surface area contributed by atoms with Crippen LogP contribution in [0.15, 0.2) is 30.3 Å². The van der Waals surface area contributed by atoms with E-state index in [1.54, 1.807) is 113 Å². The second-order valence-corrected chi connectivity index (χ2v) is 27.3. The van der Waals surface area contributed by atoms with Crippen molar-refractivity contribution >= 4 is 82.7 Å². The normalized spacial score (nSPS) is 27.1. The molecule has 0 saturated carbocycles. The number of carbonyl (C=O) groups excluding carboxylic acids is 14. The molecule has 0 radical (unpaired) electrons. The van der Waals surface area contributed by atoms with Gasteiger partial charge in [0.05, 0.1) is 38.5 Å². The molecule has 32 nitrogen and oxygen atoms in total. The van der Waals surface area contributed by atoms with Crippen molar-refractivity contribution in [3.05, 3.63) is 35.9 Å². The summed E-state index contributed by atoms with van der Waals surface area (Å²) in [7, 11) is 7.32. The maximum Gasteiger partial charge on any atom is 0.248 e. The average Bonchev–Trinajstić information content (AvgIpc) is 0.828. The van der Waals surface area contributed by atoms with Crippen molar-refractivity contribution in [2.75, 3.05) is 68.6 Å². The minimum atomic E-state index is -1.75. The fourth-order valence-electron chi connectivity index (χ4n) is 11.2. The predicted octanol–water partition coefficient (Wildman–Crippen LogP) is -3.95. The SMILES string of the molecule is CC(C)[C@@H]1NC(=O)[C@H]([C@H](C)O)N(C)C(=O)[C@H](C(C)C)NC(=O)[C@H]([C@H](C)O)N(C)C(=O)[C@H](C(C)C)NC(=O)CNC(=O)[C@@H](Cc2ccccc2)N(C)C(=O)[C@H](C(C)C)NC(=O)[C@H](CO)NC(=O)[C@H](C(C)C)N(C)C(=O)[C@H](CO)N(C)C(=O)[C@H](C(C)C)NC(=O)CNC(=O)[C@@H](C)N(C)C1=O. The smallest absolute Gasteiger partial charge is 0.248 e. The van der Waals surface area contributed by atoms with Gasteiger partial charge in [-0.15, -0.1) is 0 Å². The van der Waals surface area contributed by atoms with Crippen molar-refractivity contribution in [3.8, 4) is 0 Å². The van der Waals surface area contributed by atoms with Crippen LogP contribution < -0.4 is 42.5 Å². The Bertz CT molecular complexity index is 2960. The Morgan fingerprint density at radius 2 is 0.694 bits per heavy atom. The number of hydrogen-bond donors (Lipinski definition) is 12. The molecule has 1 aromatic rings. The van der Waals surface area contributed by atoms with Crippen LogP contribution in [0, 0.1) is 35.5 Å². The fraction of sp³-hybridized carbons (Fsp3) is 0.697. The molecule has 0 spiro atoms. The van der Waals surface area contributed by atoms with Crippen LogP contribution in [0.2, 0.25) is 0 Å². The van der Waals surface area contributed by atoms with E-state index in [1.165, 1.54) is 63.1 Å². The summed E-state index contributed by atoms with van der Waals surface area (Å²) in [5.41, 5.74) is 0.573. The van der Waals surface area contributed by atoms with Crippen LogP contribution in [0.5, 0.6) is 0 Å². The number of aliphatic hydroxyl groups excluding tert-OH is 4. The Morgan fingerprint density at radius 3 is 1.05 bits per heavy atom. The van der Waals surface area contributed by atoms with Crippen LogP contribution in [-0.2, 0) is 73.5 Å². The number of benzene rings is 1. The second-order valence-electron chi connectivity index (χ2n) is 27.3. The summed E-state index contributed by atoms with van der Waals surface area (Å²) in [6.07, 6.45) is -3.36. The third-order valence-corrected chi connectivity index (χ3v) is 17.5. The van der Waals surface area contributed by atoms with E-state index in [1.807, 2.05) is 0 Å². The monoisotopic (exact) mass is 1390 g/mol. The highest BCUT2D eigenvalue weighted by Crippen LogP contribution is 2.20. The van der Waals surface area contributed by atoms with Gasteiger partial charge in [-0.1, -0.05) is 113 Å². The summed E-state index contributed by atoms with van der Waals surface area (Å²) in [6, 6.07) is -9.59. The van der Waals surface area contributed by atoms with E-state index < -0.39 is 229 Å². The van der Waals surface area contributed by atoms with Gasteiger partial charge in [0.2, 0.25) is 82.7 Å². The molecule has 2 rings (SSSR count). The van der Waals surface area contributed by atoms with Gasteiger partial charge in [0.1, 0.15) is 72.5 Å². The highest BCUT2D eigenvalue weighted by molar-refractivity contribution is 6.00. The number of carbonyl (C=O) groups is 14. The van der Waals surface area contributed by atoms with Crippen molar-refractivity contribution in [2.24, 2.45) is 35.5 Å². The van der Waals surface area contributed by atoms with Crippen LogP contribution in [-0.4, -0.2) is 286 Å². The van der Waals surface area contributed by atoms with E-state index in [0.717, 1.165) is 29.4 Å². The van der Waals surface area contributed by atoms with E-state index in [9.17, 15) is 87.5 Å². The molecule has 1 fully saturated rings. The van der Waals surface area contributed by atoms with E-state index in [0.29, 0.717) is 5.56 Å². The molecule has 1 aliphatic rings. The number of hydrogen-bond acceptors (Lipinski definition) is 18. The summed E-state index contributed by atoms with van der Waals surface area (Å²) >= 11 is 0. The standard InChI is InChI=1S/C66H110N14O18/c1-32(2)47-63(95)77(18)44(31-82)61(93)78(19)52(37(11)12)58(90)69-42(30-81)56(88)72-50(35(7)8)64(96)76(17)43(27-41-25-23-22-24-26-41)57(89)68-29-46(86)71-48(33(3)4)65(97)79(20)53(39(14)83)60(92)74-51(36(9)10)66(98)80(21)54(40(15)84)59(91)73-49(34(5)6)62(94)75(16)38(13)55(87)67-28-45(85)70-47/h22-26,32-40,42-44,47-54,81-84H,27-31H2,1-21H3,(H,67,87)(H,68,89)(H,69,90)(H,70,85)(H,71,86)(H,72,88)(H,73,91)(H,74,92)/t38-,39+,40+,42+,43-,44+,47+,48+,49+,50+,51+,52+,53+,54+/m1/s1. The van der Waals surface area contributed by atoms with Crippen molar-refractivity contribution in [3.63, 3.8) is 0 Å². The van der Waals surface area contributed by atoms with Crippen LogP contribution in [0.1, 0.15) is 109 Å². The fourth-order valence-corrected chi connectivity index (χ4v) is 11.2. The van der Waals surface area contributed by atoms with Gasteiger partial charge >= 0.3 is 0 Å². The van der Waals surface area contributed by atoms with Gasteiger partial charge in [0.15, 0.2) is 0 Å². The molecule has 0 unspecified atom stereocenters. The Morgan fingerprint density at radius 1 is 0.367 bits per heavy atom. The van der Waals surface area contributed by atoms with Crippen molar-refractivity contribution in [1.29, 1.82) is 0 Å².